The summed E-state index contributed by atoms with van der Waals surface area (Å²) < 4.78 is 1.01. The van der Waals surface area contributed by atoms with E-state index in [0.29, 0.717) is 0 Å². The number of thioether (sulfide) groups is 1. The number of rotatable bonds is 3. The summed E-state index contributed by atoms with van der Waals surface area (Å²) in [6.45, 7) is 0. The Hall–Kier alpha value is -0.480. The number of carboxylic acid groups (broad SMARTS) is 1. The Morgan fingerprint density at radius 2 is 2.31 bits per heavy atom. The summed E-state index contributed by atoms with van der Waals surface area (Å²) in [6, 6.07) is 5.59. The highest BCUT2D eigenvalue weighted by atomic mass is 79.9. The lowest BCUT2D eigenvalue weighted by Crippen LogP contribution is -1.99. The van der Waals surface area contributed by atoms with Gasteiger partial charge in [0.15, 0.2) is 0 Å². The van der Waals surface area contributed by atoms with Gasteiger partial charge in [-0.05, 0) is 39.9 Å². The third-order valence-electron chi connectivity index (χ3n) is 1.57. The van der Waals surface area contributed by atoms with Crippen molar-refractivity contribution < 1.29 is 9.90 Å². The molecule has 1 aromatic carbocycles. The number of carboxylic acids is 1. The molecular formula is C9H9BrO2S. The summed E-state index contributed by atoms with van der Waals surface area (Å²) in [7, 11) is 0. The van der Waals surface area contributed by atoms with Gasteiger partial charge in [-0.2, -0.15) is 0 Å². The second-order valence-electron chi connectivity index (χ2n) is 2.54. The highest BCUT2D eigenvalue weighted by Gasteiger charge is 2.03. The van der Waals surface area contributed by atoms with E-state index in [-0.39, 0.29) is 6.42 Å². The number of hydrogen-bond donors (Lipinski definition) is 1. The lowest BCUT2D eigenvalue weighted by molar-refractivity contribution is -0.136. The molecule has 1 N–H and O–H groups in total. The van der Waals surface area contributed by atoms with Crippen molar-refractivity contribution in [3.63, 3.8) is 0 Å². The molecule has 0 saturated carbocycles. The van der Waals surface area contributed by atoms with Crippen LogP contribution in [0.4, 0.5) is 0 Å². The molecule has 0 aliphatic heterocycles. The van der Waals surface area contributed by atoms with E-state index < -0.39 is 5.97 Å². The molecule has 2 nitrogen and oxygen atoms in total. The topological polar surface area (TPSA) is 37.3 Å². The Labute approximate surface area is 89.5 Å². The van der Waals surface area contributed by atoms with Crippen LogP contribution < -0.4 is 0 Å². The van der Waals surface area contributed by atoms with Gasteiger partial charge < -0.3 is 5.11 Å². The minimum Gasteiger partial charge on any atom is -0.481 e. The molecule has 0 aromatic heterocycles. The maximum absolute atomic E-state index is 10.4. The molecule has 1 rings (SSSR count). The number of hydrogen-bond acceptors (Lipinski definition) is 2. The number of halogens is 1. The zero-order valence-electron chi connectivity index (χ0n) is 7.08. The van der Waals surface area contributed by atoms with Crippen molar-refractivity contribution in [3.8, 4) is 0 Å². The Balaban J connectivity index is 2.92. The molecule has 0 aliphatic rings. The minimum atomic E-state index is -0.797. The van der Waals surface area contributed by atoms with E-state index in [0.717, 1.165) is 14.9 Å². The van der Waals surface area contributed by atoms with Crippen LogP contribution in [0.2, 0.25) is 0 Å². The highest BCUT2D eigenvalue weighted by Crippen LogP contribution is 2.26. The zero-order chi connectivity index (χ0) is 9.84. The van der Waals surface area contributed by atoms with Gasteiger partial charge in [0.1, 0.15) is 0 Å². The smallest absolute Gasteiger partial charge is 0.307 e. The van der Waals surface area contributed by atoms with Crippen LogP contribution in [-0.2, 0) is 11.2 Å². The maximum Gasteiger partial charge on any atom is 0.307 e. The van der Waals surface area contributed by atoms with Gasteiger partial charge in [0.25, 0.3) is 0 Å². The molecular weight excluding hydrogens is 252 g/mol. The molecule has 0 bridgehead atoms. The normalized spacial score (nSPS) is 10.0. The van der Waals surface area contributed by atoms with Crippen LogP contribution in [0.25, 0.3) is 0 Å². The summed E-state index contributed by atoms with van der Waals surface area (Å²) in [5, 5.41) is 8.58. The van der Waals surface area contributed by atoms with Gasteiger partial charge in [0.2, 0.25) is 0 Å². The molecule has 1 aromatic rings. The second-order valence-corrected chi connectivity index (χ2v) is 4.24. The van der Waals surface area contributed by atoms with Gasteiger partial charge in [0, 0.05) is 9.37 Å². The van der Waals surface area contributed by atoms with E-state index in [1.54, 1.807) is 11.8 Å². The fourth-order valence-corrected chi connectivity index (χ4v) is 2.25. The van der Waals surface area contributed by atoms with Crippen LogP contribution in [0.1, 0.15) is 5.56 Å². The third-order valence-corrected chi connectivity index (χ3v) is 3.30. The summed E-state index contributed by atoms with van der Waals surface area (Å²) in [4.78, 5) is 11.5. The molecule has 0 fully saturated rings. The van der Waals surface area contributed by atoms with Gasteiger partial charge in [-0.1, -0.05) is 6.07 Å². The summed E-state index contributed by atoms with van der Waals surface area (Å²) >= 11 is 4.99. The van der Waals surface area contributed by atoms with Crippen LogP contribution in [0.15, 0.2) is 27.6 Å². The SMILES string of the molecule is CSc1cc(CC(=O)O)ccc1Br. The first kappa shape index (κ1) is 10.6. The van der Waals surface area contributed by atoms with E-state index in [2.05, 4.69) is 15.9 Å². The highest BCUT2D eigenvalue weighted by molar-refractivity contribution is 9.10. The van der Waals surface area contributed by atoms with Crippen LogP contribution in [-0.4, -0.2) is 17.3 Å². The van der Waals surface area contributed by atoms with Crippen molar-refractivity contribution in [3.05, 3.63) is 28.2 Å². The van der Waals surface area contributed by atoms with Crippen LogP contribution >= 0.6 is 27.7 Å². The van der Waals surface area contributed by atoms with Crippen LogP contribution in [0.3, 0.4) is 0 Å². The second kappa shape index (κ2) is 4.67. The first-order chi connectivity index (χ1) is 6.13. The molecule has 0 atom stereocenters. The molecule has 0 unspecified atom stereocenters. The first-order valence-corrected chi connectivity index (χ1v) is 5.69. The summed E-state index contributed by atoms with van der Waals surface area (Å²) in [5.41, 5.74) is 0.833. The van der Waals surface area contributed by atoms with Gasteiger partial charge >= 0.3 is 5.97 Å². The summed E-state index contributed by atoms with van der Waals surface area (Å²) in [5.74, 6) is -0.797. The Morgan fingerprint density at radius 1 is 1.62 bits per heavy atom. The van der Waals surface area contributed by atoms with E-state index in [1.165, 1.54) is 0 Å². The van der Waals surface area contributed by atoms with Crippen molar-refractivity contribution in [2.45, 2.75) is 11.3 Å². The number of benzene rings is 1. The quantitative estimate of drug-likeness (QED) is 0.850. The molecule has 0 radical (unpaired) electrons. The fourth-order valence-electron chi connectivity index (χ4n) is 0.989. The summed E-state index contributed by atoms with van der Waals surface area (Å²) in [6.07, 6.45) is 2.05. The Bertz CT molecular complexity index is 325. The van der Waals surface area contributed by atoms with Crippen molar-refractivity contribution >= 4 is 33.7 Å². The largest absolute Gasteiger partial charge is 0.481 e. The molecule has 0 heterocycles. The fraction of sp³-hybridized carbons (Fsp3) is 0.222. The maximum atomic E-state index is 10.4. The van der Waals surface area contributed by atoms with Crippen molar-refractivity contribution in [2.75, 3.05) is 6.26 Å². The van der Waals surface area contributed by atoms with Crippen LogP contribution in [0, 0.1) is 0 Å². The monoisotopic (exact) mass is 260 g/mol. The average Bonchev–Trinajstić information content (AvgIpc) is 2.07. The van der Waals surface area contributed by atoms with Crippen molar-refractivity contribution in [2.24, 2.45) is 0 Å². The van der Waals surface area contributed by atoms with E-state index in [1.807, 2.05) is 24.5 Å². The lowest BCUT2D eigenvalue weighted by Gasteiger charge is -2.03. The average molecular weight is 261 g/mol. The minimum absolute atomic E-state index is 0.0842. The van der Waals surface area contributed by atoms with E-state index >= 15 is 0 Å². The third kappa shape index (κ3) is 3.04. The molecule has 70 valence electrons. The van der Waals surface area contributed by atoms with Gasteiger partial charge in [-0.25, -0.2) is 0 Å². The van der Waals surface area contributed by atoms with Gasteiger partial charge in [-0.15, -0.1) is 11.8 Å². The Morgan fingerprint density at radius 3 is 2.85 bits per heavy atom. The van der Waals surface area contributed by atoms with E-state index in [9.17, 15) is 4.79 Å². The molecule has 0 amide bonds. The van der Waals surface area contributed by atoms with Crippen molar-refractivity contribution in [1.29, 1.82) is 0 Å². The molecule has 13 heavy (non-hydrogen) atoms. The van der Waals surface area contributed by atoms with Crippen molar-refractivity contribution in [1.82, 2.24) is 0 Å². The number of carbonyl (C=O) groups is 1. The van der Waals surface area contributed by atoms with Crippen LogP contribution in [0.5, 0.6) is 0 Å². The molecule has 0 spiro atoms. The van der Waals surface area contributed by atoms with Gasteiger partial charge in [0.05, 0.1) is 6.42 Å². The molecule has 0 aliphatic carbocycles. The Kier molecular flexibility index (Phi) is 3.81. The number of aliphatic carboxylic acids is 1. The first-order valence-electron chi connectivity index (χ1n) is 3.67. The van der Waals surface area contributed by atoms with E-state index in [4.69, 9.17) is 5.11 Å². The zero-order valence-corrected chi connectivity index (χ0v) is 9.48. The molecule has 4 heteroatoms. The molecule has 0 saturated heterocycles. The predicted octanol–water partition coefficient (Wildman–Crippen LogP) is 2.80. The lowest BCUT2D eigenvalue weighted by atomic mass is 10.2. The standard InChI is InChI=1S/C9H9BrO2S/c1-13-8-4-6(5-9(11)12)2-3-7(8)10/h2-4H,5H2,1H3,(H,11,12). The van der Waals surface area contributed by atoms with Gasteiger partial charge in [-0.3, -0.25) is 4.79 Å². The predicted molar refractivity (Wildman–Crippen MR) is 57.3 cm³/mol.